The number of rotatable bonds is 1. The van der Waals surface area contributed by atoms with E-state index < -0.39 is 0 Å². The summed E-state index contributed by atoms with van der Waals surface area (Å²) in [6, 6.07) is 0. The summed E-state index contributed by atoms with van der Waals surface area (Å²) in [7, 11) is 4.98. The van der Waals surface area contributed by atoms with E-state index in [2.05, 4.69) is 4.99 Å². The van der Waals surface area contributed by atoms with Gasteiger partial charge in [-0.05, 0) is 18.8 Å². The van der Waals surface area contributed by atoms with Crippen molar-refractivity contribution in [1.82, 2.24) is 0 Å². The largest absolute Gasteiger partial charge is 0.289 e. The number of hydrogen-bond acceptors (Lipinski definition) is 1. The zero-order valence-corrected chi connectivity index (χ0v) is 5.01. The van der Waals surface area contributed by atoms with Crippen molar-refractivity contribution in [2.24, 2.45) is 10.9 Å². The van der Waals surface area contributed by atoms with E-state index in [-0.39, 0.29) is 0 Å². The van der Waals surface area contributed by atoms with E-state index in [0.717, 1.165) is 0 Å². The summed E-state index contributed by atoms with van der Waals surface area (Å²) in [4.78, 5) is 3.49. The maximum absolute atomic E-state index is 4.98. The Morgan fingerprint density at radius 1 is 1.38 bits per heavy atom. The van der Waals surface area contributed by atoms with Gasteiger partial charge in [-0.15, -0.1) is 0 Å². The van der Waals surface area contributed by atoms with E-state index in [1.165, 1.54) is 25.7 Å². The lowest BCUT2D eigenvalue weighted by atomic mass is 10.1. The maximum atomic E-state index is 4.98. The molecule has 8 heavy (non-hydrogen) atoms. The molecule has 0 spiro atoms. The van der Waals surface area contributed by atoms with Crippen LogP contribution in [-0.4, -0.2) is 6.21 Å². The summed E-state index contributed by atoms with van der Waals surface area (Å²) in [6.07, 6.45) is 7.17. The van der Waals surface area contributed by atoms with Crippen LogP contribution in [0.2, 0.25) is 0 Å². The molecule has 0 N–H and O–H groups in total. The highest BCUT2D eigenvalue weighted by molar-refractivity contribution is 5.61. The highest BCUT2D eigenvalue weighted by Crippen LogP contribution is 2.22. The number of nitrogens with zero attached hydrogens (tertiary/aromatic N) is 1. The van der Waals surface area contributed by atoms with Crippen molar-refractivity contribution in [3.05, 3.63) is 7.05 Å². The minimum absolute atomic E-state index is 0.694. The third-order valence-corrected chi connectivity index (χ3v) is 1.70. The SMILES string of the molecule is [CH]/N=C/C1CCCC1. The third kappa shape index (κ3) is 1.32. The first-order chi connectivity index (χ1) is 3.93. The predicted molar refractivity (Wildman–Crippen MR) is 34.7 cm³/mol. The van der Waals surface area contributed by atoms with Gasteiger partial charge < -0.3 is 0 Å². The third-order valence-electron chi connectivity index (χ3n) is 1.70. The van der Waals surface area contributed by atoms with Gasteiger partial charge in [0.05, 0.1) is 7.05 Å². The minimum atomic E-state index is 0.694. The van der Waals surface area contributed by atoms with Gasteiger partial charge in [0.15, 0.2) is 0 Å². The fourth-order valence-corrected chi connectivity index (χ4v) is 1.23. The first-order valence-electron chi connectivity index (χ1n) is 3.17. The van der Waals surface area contributed by atoms with E-state index in [1.54, 1.807) is 0 Å². The van der Waals surface area contributed by atoms with Gasteiger partial charge in [0.2, 0.25) is 0 Å². The Hall–Kier alpha value is -0.330. The van der Waals surface area contributed by atoms with Crippen molar-refractivity contribution in [1.29, 1.82) is 0 Å². The lowest BCUT2D eigenvalue weighted by Crippen LogP contribution is -1.91. The minimum Gasteiger partial charge on any atom is -0.289 e. The summed E-state index contributed by atoms with van der Waals surface area (Å²) in [5, 5.41) is 0. The topological polar surface area (TPSA) is 12.4 Å². The fraction of sp³-hybridized carbons (Fsp3) is 0.714. The Morgan fingerprint density at radius 2 is 2.00 bits per heavy atom. The molecule has 0 amide bonds. The van der Waals surface area contributed by atoms with Gasteiger partial charge in [-0.2, -0.15) is 0 Å². The van der Waals surface area contributed by atoms with Gasteiger partial charge in [0.25, 0.3) is 0 Å². The van der Waals surface area contributed by atoms with E-state index in [4.69, 9.17) is 7.05 Å². The summed E-state index contributed by atoms with van der Waals surface area (Å²) in [6.45, 7) is 0. The van der Waals surface area contributed by atoms with Gasteiger partial charge in [-0.1, -0.05) is 12.8 Å². The molecule has 1 heteroatoms. The molecule has 2 radical (unpaired) electrons. The van der Waals surface area contributed by atoms with Crippen LogP contribution in [-0.2, 0) is 0 Å². The Morgan fingerprint density at radius 3 is 2.50 bits per heavy atom. The van der Waals surface area contributed by atoms with Gasteiger partial charge in [-0.25, -0.2) is 0 Å². The van der Waals surface area contributed by atoms with Crippen LogP contribution in [0.5, 0.6) is 0 Å². The van der Waals surface area contributed by atoms with Crippen molar-refractivity contribution >= 4 is 6.21 Å². The van der Waals surface area contributed by atoms with Crippen molar-refractivity contribution in [3.8, 4) is 0 Å². The second kappa shape index (κ2) is 2.85. The highest BCUT2D eigenvalue weighted by Gasteiger charge is 2.10. The molecule has 0 saturated heterocycles. The lowest BCUT2D eigenvalue weighted by molar-refractivity contribution is 0.744. The Bertz CT molecular complexity index is 80.4. The molecular weight excluding hydrogens is 98.1 g/mol. The maximum Gasteiger partial charge on any atom is 0.0985 e. The molecule has 0 aromatic carbocycles. The van der Waals surface area contributed by atoms with Crippen molar-refractivity contribution in [3.63, 3.8) is 0 Å². The number of hydrogen-bond donors (Lipinski definition) is 0. The highest BCUT2D eigenvalue weighted by atomic mass is 14.6. The quantitative estimate of drug-likeness (QED) is 0.456. The van der Waals surface area contributed by atoms with Crippen LogP contribution < -0.4 is 0 Å². The normalized spacial score (nSPS) is 23.1. The number of aliphatic imine (C=N–C) groups is 1. The fourth-order valence-electron chi connectivity index (χ4n) is 1.23. The lowest BCUT2D eigenvalue weighted by Gasteiger charge is -1.95. The van der Waals surface area contributed by atoms with Gasteiger partial charge in [-0.3, -0.25) is 4.99 Å². The van der Waals surface area contributed by atoms with Gasteiger partial charge in [0.1, 0.15) is 0 Å². The molecule has 0 heterocycles. The van der Waals surface area contributed by atoms with Crippen molar-refractivity contribution in [2.75, 3.05) is 0 Å². The Labute approximate surface area is 50.8 Å². The van der Waals surface area contributed by atoms with Crippen molar-refractivity contribution < 1.29 is 0 Å². The van der Waals surface area contributed by atoms with Crippen LogP contribution >= 0.6 is 0 Å². The van der Waals surface area contributed by atoms with Crippen LogP contribution in [0.15, 0.2) is 4.99 Å². The monoisotopic (exact) mass is 109 g/mol. The first kappa shape index (κ1) is 5.80. The second-order valence-corrected chi connectivity index (χ2v) is 2.34. The predicted octanol–water partition coefficient (Wildman–Crippen LogP) is 1.92. The van der Waals surface area contributed by atoms with Gasteiger partial charge in [0, 0.05) is 6.21 Å². The molecule has 1 saturated carbocycles. The van der Waals surface area contributed by atoms with Crippen LogP contribution in [0, 0.1) is 13.0 Å². The molecule has 1 nitrogen and oxygen atoms in total. The molecule has 1 fully saturated rings. The molecule has 1 aliphatic carbocycles. The summed E-state index contributed by atoms with van der Waals surface area (Å²) in [5.74, 6) is 0.694. The van der Waals surface area contributed by atoms with E-state index in [9.17, 15) is 0 Å². The average molecular weight is 109 g/mol. The zero-order chi connectivity index (χ0) is 5.82. The van der Waals surface area contributed by atoms with E-state index in [1.807, 2.05) is 6.21 Å². The second-order valence-electron chi connectivity index (χ2n) is 2.34. The standard InChI is InChI=1S/C7H11N/c1-8-6-7-4-2-3-5-7/h1,6-7H,2-5H2. The molecule has 0 bridgehead atoms. The molecule has 0 aliphatic heterocycles. The van der Waals surface area contributed by atoms with Gasteiger partial charge >= 0.3 is 0 Å². The molecule has 1 aliphatic rings. The summed E-state index contributed by atoms with van der Waals surface area (Å²) >= 11 is 0. The van der Waals surface area contributed by atoms with Crippen molar-refractivity contribution in [2.45, 2.75) is 25.7 Å². The Balaban J connectivity index is 2.24. The average Bonchev–Trinajstić information content (AvgIpc) is 2.19. The summed E-state index contributed by atoms with van der Waals surface area (Å²) in [5.41, 5.74) is 0. The zero-order valence-electron chi connectivity index (χ0n) is 5.01. The van der Waals surface area contributed by atoms with Crippen LogP contribution in [0.3, 0.4) is 0 Å². The Kier molecular flexibility index (Phi) is 2.07. The first-order valence-corrected chi connectivity index (χ1v) is 3.17. The van der Waals surface area contributed by atoms with Crippen LogP contribution in [0.1, 0.15) is 25.7 Å². The smallest absolute Gasteiger partial charge is 0.0985 e. The molecule has 0 unspecified atom stereocenters. The van der Waals surface area contributed by atoms with Crippen LogP contribution in [0.25, 0.3) is 0 Å². The van der Waals surface area contributed by atoms with Crippen LogP contribution in [0.4, 0.5) is 0 Å². The molecular formula is C7H11N. The molecule has 0 atom stereocenters. The van der Waals surface area contributed by atoms with E-state index >= 15 is 0 Å². The van der Waals surface area contributed by atoms with E-state index in [0.29, 0.717) is 5.92 Å². The summed E-state index contributed by atoms with van der Waals surface area (Å²) < 4.78 is 0. The molecule has 44 valence electrons. The molecule has 1 rings (SSSR count). The molecule has 0 aromatic heterocycles. The molecule has 0 aromatic rings.